The van der Waals surface area contributed by atoms with E-state index in [2.05, 4.69) is 10.3 Å². The first-order valence-electron chi connectivity index (χ1n) is 10.6. The third-order valence-corrected chi connectivity index (χ3v) is 5.24. The Balaban J connectivity index is 1.84. The number of aromatic nitrogens is 1. The normalized spacial score (nSPS) is 11.4. The van der Waals surface area contributed by atoms with Crippen LogP contribution in [0.1, 0.15) is 21.5 Å². The average Bonchev–Trinajstić information content (AvgIpc) is 2.88. The molecule has 0 saturated carbocycles. The lowest BCUT2D eigenvalue weighted by molar-refractivity contribution is -0.267. The van der Waals surface area contributed by atoms with Gasteiger partial charge < -0.3 is 15.4 Å². The molecular formula is C25H19F5N4O3. The molecule has 3 aromatic rings. The topological polar surface area (TPSA) is 104 Å². The molecule has 0 aliphatic heterocycles. The molecule has 0 spiro atoms. The van der Waals surface area contributed by atoms with Crippen LogP contribution in [0.2, 0.25) is 0 Å². The van der Waals surface area contributed by atoms with Crippen molar-refractivity contribution in [3.05, 3.63) is 77.5 Å². The van der Waals surface area contributed by atoms with Crippen molar-refractivity contribution in [3.8, 4) is 17.2 Å². The molecule has 12 heteroatoms. The number of rotatable bonds is 8. The summed E-state index contributed by atoms with van der Waals surface area (Å²) in [5.74, 6) is -8.95. The number of halogens is 5. The van der Waals surface area contributed by atoms with Crippen LogP contribution < -0.4 is 10.6 Å². The molecule has 1 amide bonds. The van der Waals surface area contributed by atoms with Gasteiger partial charge in [0.2, 0.25) is 0 Å². The van der Waals surface area contributed by atoms with Gasteiger partial charge in [0.05, 0.1) is 30.9 Å². The number of carbonyl (C=O) groups excluding carboxylic acids is 2. The summed E-state index contributed by atoms with van der Waals surface area (Å²) in [6, 6.07) is 16.7. The van der Waals surface area contributed by atoms with E-state index in [1.54, 1.807) is 59.9 Å². The molecule has 3 rings (SSSR count). The summed E-state index contributed by atoms with van der Waals surface area (Å²) in [5, 5.41) is 13.4. The summed E-state index contributed by atoms with van der Waals surface area (Å²) in [6.45, 7) is 0.0421. The molecule has 0 fully saturated rings. The molecule has 2 aromatic carbocycles. The fourth-order valence-corrected chi connectivity index (χ4v) is 3.34. The van der Waals surface area contributed by atoms with Crippen molar-refractivity contribution >= 4 is 23.4 Å². The lowest BCUT2D eigenvalue weighted by Crippen LogP contribution is -2.47. The first-order chi connectivity index (χ1) is 17.5. The maximum Gasteiger partial charge on any atom is 0.463 e. The number of amides is 1. The first-order valence-corrected chi connectivity index (χ1v) is 10.6. The van der Waals surface area contributed by atoms with Gasteiger partial charge in [-0.05, 0) is 34.4 Å². The number of carbonyl (C=O) groups is 2. The predicted molar refractivity (Wildman–Crippen MR) is 124 cm³/mol. The second-order valence-corrected chi connectivity index (χ2v) is 7.64. The van der Waals surface area contributed by atoms with Crippen molar-refractivity contribution < 1.29 is 36.3 Å². The van der Waals surface area contributed by atoms with Gasteiger partial charge in [0.25, 0.3) is 0 Å². The molecule has 7 nitrogen and oxygen atoms in total. The van der Waals surface area contributed by atoms with Gasteiger partial charge in [-0.1, -0.05) is 42.5 Å². The number of nitrogens with one attached hydrogen (secondary N) is 2. The van der Waals surface area contributed by atoms with Crippen molar-refractivity contribution in [3.63, 3.8) is 0 Å². The van der Waals surface area contributed by atoms with Crippen molar-refractivity contribution in [2.75, 3.05) is 17.7 Å². The van der Waals surface area contributed by atoms with Gasteiger partial charge in [0.1, 0.15) is 5.82 Å². The number of pyridine rings is 1. The number of nitrogens with zero attached hydrogens (tertiary/aromatic N) is 2. The molecule has 0 radical (unpaired) electrons. The van der Waals surface area contributed by atoms with E-state index in [4.69, 9.17) is 10.00 Å². The highest BCUT2D eigenvalue weighted by Crippen LogP contribution is 2.37. The molecule has 2 N–H and O–H groups in total. The Kier molecular flexibility index (Phi) is 8.07. The summed E-state index contributed by atoms with van der Waals surface area (Å²) in [5.41, 5.74) is 1.91. The average molecular weight is 518 g/mol. The van der Waals surface area contributed by atoms with Crippen LogP contribution in [-0.2, 0) is 22.5 Å². The number of anilines is 2. The zero-order valence-corrected chi connectivity index (χ0v) is 19.2. The highest BCUT2D eigenvalue weighted by molar-refractivity contribution is 5.99. The molecule has 0 aliphatic carbocycles. The summed E-state index contributed by atoms with van der Waals surface area (Å²) in [6.07, 6.45) is -5.26. The van der Waals surface area contributed by atoms with Crippen molar-refractivity contribution in [2.24, 2.45) is 0 Å². The molecule has 0 aliphatic rings. The van der Waals surface area contributed by atoms with E-state index in [1.165, 1.54) is 19.4 Å². The Morgan fingerprint density at radius 2 is 1.70 bits per heavy atom. The summed E-state index contributed by atoms with van der Waals surface area (Å²) < 4.78 is 69.7. The van der Waals surface area contributed by atoms with Crippen molar-refractivity contribution in [2.45, 2.75) is 25.1 Å². The SMILES string of the molecule is COC(=O)c1ccccc1-c1ccc(CNc2nccc(CC#N)c2NC(=O)C(F)(F)C(F)(F)F)cc1. The van der Waals surface area contributed by atoms with Gasteiger partial charge in [-0.25, -0.2) is 9.78 Å². The zero-order valence-electron chi connectivity index (χ0n) is 19.2. The molecule has 0 unspecified atom stereocenters. The highest BCUT2D eigenvalue weighted by atomic mass is 19.4. The smallest absolute Gasteiger partial charge is 0.463 e. The molecule has 192 valence electrons. The standard InChI is InChI=1S/C25H19F5N4O3/c1-37-22(35)19-5-3-2-4-18(19)16-8-6-15(7-9-16)14-33-21-20(17(10-12-31)11-13-32-21)34-23(36)24(26,27)25(28,29)30/h2-9,11,13H,10,14H2,1H3,(H,32,33)(H,34,36). The number of methoxy groups -OCH3 is 1. The second-order valence-electron chi connectivity index (χ2n) is 7.64. The van der Waals surface area contributed by atoms with Crippen LogP contribution in [0.25, 0.3) is 11.1 Å². The Morgan fingerprint density at radius 1 is 1.03 bits per heavy atom. The summed E-state index contributed by atoms with van der Waals surface area (Å²) in [4.78, 5) is 27.7. The monoisotopic (exact) mass is 518 g/mol. The van der Waals surface area contributed by atoms with Crippen LogP contribution in [0.15, 0.2) is 60.8 Å². The lowest BCUT2D eigenvalue weighted by atomic mass is 9.98. The van der Waals surface area contributed by atoms with E-state index < -0.39 is 29.7 Å². The minimum atomic E-state index is -6.10. The molecule has 1 aromatic heterocycles. The summed E-state index contributed by atoms with van der Waals surface area (Å²) in [7, 11) is 1.27. The van der Waals surface area contributed by atoms with Crippen LogP contribution >= 0.6 is 0 Å². The van der Waals surface area contributed by atoms with E-state index in [-0.39, 0.29) is 24.3 Å². The summed E-state index contributed by atoms with van der Waals surface area (Å²) >= 11 is 0. The Labute approximate surface area is 207 Å². The van der Waals surface area contributed by atoms with Crippen LogP contribution in [0.3, 0.4) is 0 Å². The molecule has 0 atom stereocenters. The van der Waals surface area contributed by atoms with Gasteiger partial charge in [0.15, 0.2) is 0 Å². The van der Waals surface area contributed by atoms with E-state index in [0.29, 0.717) is 22.3 Å². The van der Waals surface area contributed by atoms with Gasteiger partial charge in [-0.2, -0.15) is 27.2 Å². The predicted octanol–water partition coefficient (Wildman–Crippen LogP) is 5.35. The van der Waals surface area contributed by atoms with Crippen molar-refractivity contribution in [1.82, 2.24) is 4.98 Å². The second kappa shape index (κ2) is 11.0. The van der Waals surface area contributed by atoms with Crippen LogP contribution in [0, 0.1) is 11.3 Å². The molecule has 0 saturated heterocycles. The van der Waals surface area contributed by atoms with Crippen LogP contribution in [0.4, 0.5) is 33.5 Å². The third-order valence-electron chi connectivity index (χ3n) is 5.24. The van der Waals surface area contributed by atoms with Crippen molar-refractivity contribution in [1.29, 1.82) is 5.26 Å². The number of ether oxygens (including phenoxy) is 1. The molecule has 0 bridgehead atoms. The maximum absolute atomic E-state index is 13.5. The fourth-order valence-electron chi connectivity index (χ4n) is 3.34. The van der Waals surface area contributed by atoms with Gasteiger partial charge in [0, 0.05) is 12.7 Å². The quantitative estimate of drug-likeness (QED) is 0.308. The Bertz CT molecular complexity index is 1340. The van der Waals surface area contributed by atoms with E-state index in [9.17, 15) is 31.5 Å². The largest absolute Gasteiger partial charge is 0.465 e. The molecule has 1 heterocycles. The van der Waals surface area contributed by atoms with Gasteiger partial charge >= 0.3 is 24.0 Å². The van der Waals surface area contributed by atoms with Crippen LogP contribution in [-0.4, -0.2) is 36.1 Å². The van der Waals surface area contributed by atoms with E-state index in [0.717, 1.165) is 0 Å². The zero-order chi connectivity index (χ0) is 27.2. The maximum atomic E-state index is 13.5. The Morgan fingerprint density at radius 3 is 2.32 bits per heavy atom. The highest BCUT2D eigenvalue weighted by Gasteiger charge is 2.63. The minimum absolute atomic E-state index is 0.00101. The minimum Gasteiger partial charge on any atom is -0.465 e. The number of hydrogen-bond acceptors (Lipinski definition) is 6. The number of esters is 1. The lowest BCUT2D eigenvalue weighted by Gasteiger charge is -2.21. The molecule has 37 heavy (non-hydrogen) atoms. The fraction of sp³-hybridized carbons (Fsp3) is 0.200. The third kappa shape index (κ3) is 6.00. The van der Waals surface area contributed by atoms with Gasteiger partial charge in [-0.3, -0.25) is 4.79 Å². The number of hydrogen-bond donors (Lipinski definition) is 2. The van der Waals surface area contributed by atoms with Gasteiger partial charge in [-0.15, -0.1) is 0 Å². The van der Waals surface area contributed by atoms with E-state index in [1.807, 2.05) is 0 Å². The molecular weight excluding hydrogens is 499 g/mol. The first kappa shape index (κ1) is 27.1. The number of nitriles is 1. The number of benzene rings is 2. The Hall–Kier alpha value is -4.53. The number of alkyl halides is 5. The van der Waals surface area contributed by atoms with Crippen LogP contribution in [0.5, 0.6) is 0 Å². The van der Waals surface area contributed by atoms with E-state index >= 15 is 0 Å².